The normalized spacial score (nSPS) is 14.7. The van der Waals surface area contributed by atoms with Crippen molar-refractivity contribution in [3.05, 3.63) is 41.0 Å². The summed E-state index contributed by atoms with van der Waals surface area (Å²) in [5, 5.41) is 8.37. The summed E-state index contributed by atoms with van der Waals surface area (Å²) in [4.78, 5) is 2.91. The van der Waals surface area contributed by atoms with Crippen molar-refractivity contribution in [1.82, 2.24) is 0 Å². The van der Waals surface area contributed by atoms with Crippen molar-refractivity contribution < 1.29 is 9.47 Å². The summed E-state index contributed by atoms with van der Waals surface area (Å²) in [6.07, 6.45) is 1.24. The second-order valence-corrected chi connectivity index (χ2v) is 60.4. The fourth-order valence-corrected chi connectivity index (χ4v) is 1.05. The number of hydrogen-bond acceptors (Lipinski definition) is 3. The van der Waals surface area contributed by atoms with E-state index in [-0.39, 0.29) is 0 Å². The van der Waals surface area contributed by atoms with Gasteiger partial charge >= 0.3 is 68.3 Å². The predicted molar refractivity (Wildman–Crippen MR) is 93.9 cm³/mol. The van der Waals surface area contributed by atoms with E-state index in [1.807, 2.05) is 12.1 Å². The molecular formula is C10H11Cl6N2O2Sb. The van der Waals surface area contributed by atoms with Crippen LogP contribution in [-0.4, -0.2) is 23.4 Å². The molecule has 0 saturated heterocycles. The average Bonchev–Trinajstić information content (AvgIpc) is 2.32. The molecule has 0 spiro atoms. The number of nitrogens with zero attached hydrogens (tertiary/aromatic N) is 2. The molecule has 0 fully saturated rings. The molecule has 0 radical (unpaired) electrons. The van der Waals surface area contributed by atoms with Gasteiger partial charge in [0, 0.05) is 5.56 Å². The Kier molecular flexibility index (Phi) is 7.60. The summed E-state index contributed by atoms with van der Waals surface area (Å²) in [7, 11) is 28.1. The van der Waals surface area contributed by atoms with Crippen molar-refractivity contribution >= 4 is 67.9 Å². The molecule has 4 nitrogen and oxygen atoms in total. The van der Waals surface area contributed by atoms with Crippen molar-refractivity contribution in [3.8, 4) is 5.75 Å². The van der Waals surface area contributed by atoms with Crippen LogP contribution in [0.25, 0.3) is 10.7 Å². The quantitative estimate of drug-likeness (QED) is 0.266. The number of hydrogen-bond donors (Lipinski definition) is 0. The summed E-state index contributed by atoms with van der Waals surface area (Å²) in [6, 6.07) is 7.25. The van der Waals surface area contributed by atoms with Gasteiger partial charge in [-0.15, -0.1) is 0 Å². The van der Waals surface area contributed by atoms with Gasteiger partial charge in [0.15, 0.2) is 4.98 Å². The predicted octanol–water partition coefficient (Wildman–Crippen LogP) is 6.25. The van der Waals surface area contributed by atoms with Gasteiger partial charge in [0.25, 0.3) is 0 Å². The molecule has 0 amide bonds. The van der Waals surface area contributed by atoms with Crippen LogP contribution in [-0.2, 0) is 4.74 Å². The molecule has 0 aromatic heterocycles. The van der Waals surface area contributed by atoms with Gasteiger partial charge in [-0.1, -0.05) is 0 Å². The summed E-state index contributed by atoms with van der Waals surface area (Å²) in [5.74, 6) is 1.26. The molecule has 1 rings (SSSR count). The first-order valence-corrected chi connectivity index (χ1v) is 24.5. The molecule has 21 heavy (non-hydrogen) atoms. The summed E-state index contributed by atoms with van der Waals surface area (Å²) >= 11 is 0. The van der Waals surface area contributed by atoms with E-state index in [0.29, 0.717) is 5.76 Å². The first-order valence-electron chi connectivity index (χ1n) is 5.06. The van der Waals surface area contributed by atoms with Crippen LogP contribution in [0.3, 0.4) is 0 Å². The van der Waals surface area contributed by atoms with Gasteiger partial charge in [-0.05, 0) is 24.3 Å². The third-order valence-electron chi connectivity index (χ3n) is 1.77. The van der Waals surface area contributed by atoms with E-state index >= 15 is 0 Å². The molecule has 1 aromatic carbocycles. The van der Waals surface area contributed by atoms with Gasteiger partial charge in [0.2, 0.25) is 11.2 Å². The van der Waals surface area contributed by atoms with E-state index < -0.39 is 9.14 Å². The zero-order chi connectivity index (χ0) is 16.8. The number of methoxy groups -OCH3 is 2. The molecule has 0 unspecified atom stereocenters. The molecule has 0 heterocycles. The van der Waals surface area contributed by atoms with Gasteiger partial charge in [0.05, 0.1) is 14.2 Å². The molecule has 1 aromatic rings. The number of diazo groups is 1. The van der Waals surface area contributed by atoms with Crippen LogP contribution in [0.15, 0.2) is 30.5 Å². The van der Waals surface area contributed by atoms with Crippen LogP contribution < -0.4 is 4.74 Å². The Bertz CT molecular complexity index is 536. The van der Waals surface area contributed by atoms with Gasteiger partial charge in [0.1, 0.15) is 5.75 Å². The molecular weight excluding hydrogens is 515 g/mol. The zero-order valence-electron chi connectivity index (χ0n) is 10.8. The second-order valence-electron chi connectivity index (χ2n) is 3.50. The number of halogens is 6. The van der Waals surface area contributed by atoms with Crippen molar-refractivity contribution in [3.63, 3.8) is 0 Å². The van der Waals surface area contributed by atoms with E-state index in [9.17, 15) is 0 Å². The van der Waals surface area contributed by atoms with Gasteiger partial charge in [-0.25, -0.2) is 0 Å². The molecule has 0 atom stereocenters. The van der Waals surface area contributed by atoms with Crippen molar-refractivity contribution in [2.45, 2.75) is 0 Å². The number of benzene rings is 1. The van der Waals surface area contributed by atoms with Crippen LogP contribution in [0.4, 0.5) is 0 Å². The van der Waals surface area contributed by atoms with E-state index in [4.69, 9.17) is 67.8 Å². The van der Waals surface area contributed by atoms with E-state index in [1.54, 1.807) is 19.2 Å². The topological polar surface area (TPSA) is 46.6 Å². The standard InChI is InChI=1S/C10H11N2O2.6ClH.Sb/c1-13-9-5-3-8(4-6-9)10(14-2)7-12-11;;;;;;;/h3-7H,1-2H3;6*1H;/q+1;;;;;;;+5/p-6/b10-7-;;;;;;;. The van der Waals surface area contributed by atoms with Crippen LogP contribution in [0.5, 0.6) is 5.75 Å². The average molecular weight is 526 g/mol. The summed E-state index contributed by atoms with van der Waals surface area (Å²) in [5.41, 5.74) is 0.825. The minimum atomic E-state index is -5.42. The summed E-state index contributed by atoms with van der Waals surface area (Å²) in [6.45, 7) is 0. The Morgan fingerprint density at radius 3 is 1.76 bits per heavy atom. The fraction of sp³-hybridized carbons (Fsp3) is 0.200. The fourth-order valence-electron chi connectivity index (χ4n) is 1.05. The van der Waals surface area contributed by atoms with Gasteiger partial charge in [-0.2, -0.15) is 0 Å². The summed E-state index contributed by atoms with van der Waals surface area (Å²) < 4.78 is 10.0. The first kappa shape index (κ1) is 21.5. The van der Waals surface area contributed by atoms with E-state index in [1.165, 1.54) is 13.3 Å². The molecule has 0 aliphatic carbocycles. The Labute approximate surface area is 142 Å². The Morgan fingerprint density at radius 2 is 1.48 bits per heavy atom. The van der Waals surface area contributed by atoms with Crippen molar-refractivity contribution in [1.29, 1.82) is 5.39 Å². The maximum atomic E-state index is 8.37. The monoisotopic (exact) mass is 522 g/mol. The Morgan fingerprint density at radius 1 is 1.05 bits per heavy atom. The molecule has 0 aliphatic rings. The molecule has 0 saturated carbocycles. The molecule has 120 valence electrons. The van der Waals surface area contributed by atoms with Crippen LogP contribution in [0.1, 0.15) is 5.56 Å². The Balaban J connectivity index is 0.000000486. The Hall–Kier alpha value is 0.538. The zero-order valence-corrected chi connectivity index (χ0v) is 17.9. The molecule has 11 heteroatoms. The number of rotatable bonds is 3. The molecule has 0 aliphatic heterocycles. The van der Waals surface area contributed by atoms with Crippen LogP contribution in [0, 0.1) is 5.39 Å². The third-order valence-corrected chi connectivity index (χ3v) is 1.77. The minimum absolute atomic E-state index is 0.496. The SMILES string of the molecule is CO/C(=C\[N+]#N)c1ccc(OC)cc1.[Cl][Sb-]([Cl])([Cl])([Cl])([Cl])[Cl]. The van der Waals surface area contributed by atoms with E-state index in [0.717, 1.165) is 11.3 Å². The van der Waals surface area contributed by atoms with Crippen molar-refractivity contribution in [2.75, 3.05) is 14.2 Å². The van der Waals surface area contributed by atoms with Crippen LogP contribution in [0.2, 0.25) is 0 Å². The molecule has 0 bridgehead atoms. The first-order chi connectivity index (χ1) is 9.26. The van der Waals surface area contributed by atoms with Gasteiger partial charge in [-0.3, -0.25) is 0 Å². The van der Waals surface area contributed by atoms with E-state index in [2.05, 4.69) is 4.98 Å². The number of ether oxygens (including phenoxy) is 2. The maximum absolute atomic E-state index is 8.37. The third kappa shape index (κ3) is 15.2. The van der Waals surface area contributed by atoms with Gasteiger partial charge < -0.3 is 9.47 Å². The second kappa shape index (κ2) is 7.41. The van der Waals surface area contributed by atoms with Crippen LogP contribution >= 0.6 is 53.0 Å². The van der Waals surface area contributed by atoms with Crippen molar-refractivity contribution in [2.24, 2.45) is 0 Å². The molecule has 0 N–H and O–H groups in total.